The molecule has 0 radical (unpaired) electrons. The van der Waals surface area contributed by atoms with Gasteiger partial charge in [0, 0.05) is 5.57 Å². The third-order valence-electron chi connectivity index (χ3n) is 2.24. The first kappa shape index (κ1) is 19.7. The predicted octanol–water partition coefficient (Wildman–Crippen LogP) is 0.350. The molecule has 0 bridgehead atoms. The van der Waals surface area contributed by atoms with Crippen LogP contribution in [0, 0.1) is 0 Å². The Bertz CT molecular complexity index is 457. The van der Waals surface area contributed by atoms with Crippen LogP contribution in [-0.4, -0.2) is 29.7 Å². The molecular weight excluding hydrogens is 272 g/mol. The molecule has 0 spiro atoms. The molecule has 0 aliphatic rings. The highest BCUT2D eigenvalue weighted by molar-refractivity contribution is 7.87. The summed E-state index contributed by atoms with van der Waals surface area (Å²) < 4.78 is 30.5. The molecular formula is C11H20N2O5S. The number of primary amides is 1. The first-order valence-corrected chi connectivity index (χ1v) is 6.72. The molecule has 0 saturated heterocycles. The Morgan fingerprint density at radius 1 is 1.47 bits per heavy atom. The number of carbonyl (C=O) groups is 2. The standard InChI is InChI=1S/C7H13NO4S.C4H7NO/c1-4-6(9)8-7(3,5-2)13(10,11)12;1-3(2)4(5)6/h4H,1,5H2,2-3H3,(H,8,9)(H,10,11,12);1H2,2H3,(H2,5,6). The molecule has 0 aliphatic carbocycles. The summed E-state index contributed by atoms with van der Waals surface area (Å²) in [5.41, 5.74) is 5.09. The van der Waals surface area contributed by atoms with Crippen LogP contribution in [0.1, 0.15) is 27.2 Å². The summed E-state index contributed by atoms with van der Waals surface area (Å²) in [5, 5.41) is 2.14. The van der Waals surface area contributed by atoms with Gasteiger partial charge in [0.2, 0.25) is 11.8 Å². The van der Waals surface area contributed by atoms with Gasteiger partial charge in [0.1, 0.15) is 0 Å². The van der Waals surface area contributed by atoms with Gasteiger partial charge in [-0.25, -0.2) is 0 Å². The molecule has 110 valence electrons. The molecule has 19 heavy (non-hydrogen) atoms. The molecule has 0 heterocycles. The Labute approximate surface area is 113 Å². The van der Waals surface area contributed by atoms with Gasteiger partial charge in [-0.3, -0.25) is 14.1 Å². The SMILES string of the molecule is C=C(C)C(N)=O.C=CC(=O)NC(C)(CC)S(=O)(=O)O. The van der Waals surface area contributed by atoms with E-state index in [1.807, 2.05) is 0 Å². The number of amides is 2. The van der Waals surface area contributed by atoms with Crippen LogP contribution in [0.3, 0.4) is 0 Å². The Kier molecular flexibility index (Phi) is 7.97. The lowest BCUT2D eigenvalue weighted by Crippen LogP contribution is -2.50. The first-order valence-electron chi connectivity index (χ1n) is 5.28. The van der Waals surface area contributed by atoms with Crippen LogP contribution in [0.5, 0.6) is 0 Å². The number of nitrogens with one attached hydrogen (secondary N) is 1. The fourth-order valence-corrected chi connectivity index (χ4v) is 1.24. The van der Waals surface area contributed by atoms with Gasteiger partial charge in [-0.05, 0) is 26.3 Å². The van der Waals surface area contributed by atoms with Crippen molar-refractivity contribution in [1.82, 2.24) is 5.32 Å². The van der Waals surface area contributed by atoms with Gasteiger partial charge in [0.15, 0.2) is 4.87 Å². The van der Waals surface area contributed by atoms with E-state index >= 15 is 0 Å². The second-order valence-corrected chi connectivity index (χ2v) is 5.75. The minimum absolute atomic E-state index is 0.0748. The van der Waals surface area contributed by atoms with E-state index < -0.39 is 26.8 Å². The van der Waals surface area contributed by atoms with Crippen molar-refractivity contribution < 1.29 is 22.6 Å². The Morgan fingerprint density at radius 3 is 2.00 bits per heavy atom. The van der Waals surface area contributed by atoms with Crippen molar-refractivity contribution in [2.75, 3.05) is 0 Å². The average Bonchev–Trinajstić information content (AvgIpc) is 2.27. The van der Waals surface area contributed by atoms with E-state index in [9.17, 15) is 18.0 Å². The maximum absolute atomic E-state index is 10.8. The van der Waals surface area contributed by atoms with E-state index in [2.05, 4.69) is 18.5 Å². The molecule has 0 aromatic heterocycles. The summed E-state index contributed by atoms with van der Waals surface area (Å²) in [4.78, 5) is 19.0. The maximum atomic E-state index is 10.8. The number of hydrogen-bond acceptors (Lipinski definition) is 4. The molecule has 0 rings (SSSR count). The zero-order valence-electron chi connectivity index (χ0n) is 11.3. The molecule has 0 saturated carbocycles. The molecule has 2 amide bonds. The van der Waals surface area contributed by atoms with Crippen molar-refractivity contribution in [3.63, 3.8) is 0 Å². The summed E-state index contributed by atoms with van der Waals surface area (Å²) in [6, 6.07) is 0. The van der Waals surface area contributed by atoms with Gasteiger partial charge in [-0.1, -0.05) is 20.1 Å². The van der Waals surface area contributed by atoms with Crippen molar-refractivity contribution in [1.29, 1.82) is 0 Å². The molecule has 0 fully saturated rings. The van der Waals surface area contributed by atoms with E-state index in [4.69, 9.17) is 10.3 Å². The predicted molar refractivity (Wildman–Crippen MR) is 72.6 cm³/mol. The number of nitrogens with two attached hydrogens (primary N) is 1. The second kappa shape index (κ2) is 7.70. The Balaban J connectivity index is 0. The lowest BCUT2D eigenvalue weighted by Gasteiger charge is -2.25. The Morgan fingerprint density at radius 2 is 1.84 bits per heavy atom. The topological polar surface area (TPSA) is 127 Å². The van der Waals surface area contributed by atoms with Gasteiger partial charge >= 0.3 is 0 Å². The van der Waals surface area contributed by atoms with Crippen LogP contribution in [-0.2, 0) is 19.7 Å². The minimum Gasteiger partial charge on any atom is -0.366 e. The summed E-state index contributed by atoms with van der Waals surface area (Å²) >= 11 is 0. The zero-order chi connectivity index (χ0) is 15.9. The van der Waals surface area contributed by atoms with E-state index in [0.717, 1.165) is 6.08 Å². The lowest BCUT2D eigenvalue weighted by molar-refractivity contribution is -0.117. The molecule has 4 N–H and O–H groups in total. The lowest BCUT2D eigenvalue weighted by atomic mass is 10.2. The highest BCUT2D eigenvalue weighted by atomic mass is 32.2. The van der Waals surface area contributed by atoms with E-state index in [0.29, 0.717) is 5.57 Å². The van der Waals surface area contributed by atoms with Crippen LogP contribution >= 0.6 is 0 Å². The van der Waals surface area contributed by atoms with Crippen molar-refractivity contribution in [3.05, 3.63) is 24.8 Å². The quantitative estimate of drug-likeness (QED) is 0.498. The smallest absolute Gasteiger partial charge is 0.288 e. The van der Waals surface area contributed by atoms with Crippen molar-refractivity contribution in [2.45, 2.75) is 32.1 Å². The summed E-state index contributed by atoms with van der Waals surface area (Å²) in [5.74, 6) is -1.07. The summed E-state index contributed by atoms with van der Waals surface area (Å²) in [7, 11) is -4.30. The molecule has 0 aromatic rings. The first-order chi connectivity index (χ1) is 8.41. The summed E-state index contributed by atoms with van der Waals surface area (Å²) in [6.45, 7) is 10.8. The molecule has 0 aromatic carbocycles. The van der Waals surface area contributed by atoms with Gasteiger partial charge in [-0.2, -0.15) is 8.42 Å². The van der Waals surface area contributed by atoms with Gasteiger partial charge in [0.05, 0.1) is 0 Å². The third kappa shape index (κ3) is 7.37. The molecule has 8 heteroatoms. The van der Waals surface area contributed by atoms with Crippen LogP contribution in [0.25, 0.3) is 0 Å². The fourth-order valence-electron chi connectivity index (χ4n) is 0.647. The van der Waals surface area contributed by atoms with Crippen LogP contribution in [0.2, 0.25) is 0 Å². The Hall–Kier alpha value is -1.67. The average molecular weight is 292 g/mol. The maximum Gasteiger partial charge on any atom is 0.288 e. The van der Waals surface area contributed by atoms with Crippen LogP contribution in [0.4, 0.5) is 0 Å². The van der Waals surface area contributed by atoms with Crippen LogP contribution in [0.15, 0.2) is 24.8 Å². The number of hydrogen-bond donors (Lipinski definition) is 3. The molecule has 1 unspecified atom stereocenters. The highest BCUT2D eigenvalue weighted by Gasteiger charge is 2.36. The largest absolute Gasteiger partial charge is 0.366 e. The summed E-state index contributed by atoms with van der Waals surface area (Å²) in [6.07, 6.45) is 1.02. The van der Waals surface area contributed by atoms with Crippen molar-refractivity contribution in [3.8, 4) is 0 Å². The van der Waals surface area contributed by atoms with Crippen LogP contribution < -0.4 is 11.1 Å². The number of carbonyl (C=O) groups excluding carboxylic acids is 2. The zero-order valence-corrected chi connectivity index (χ0v) is 12.1. The molecule has 1 atom stereocenters. The second-order valence-electron chi connectivity index (χ2n) is 3.90. The van der Waals surface area contributed by atoms with Gasteiger partial charge in [0.25, 0.3) is 10.1 Å². The van der Waals surface area contributed by atoms with Crippen molar-refractivity contribution >= 4 is 21.9 Å². The van der Waals surface area contributed by atoms with Gasteiger partial charge < -0.3 is 11.1 Å². The van der Waals surface area contributed by atoms with E-state index in [1.165, 1.54) is 13.8 Å². The third-order valence-corrected chi connectivity index (χ3v) is 3.77. The number of rotatable bonds is 5. The fraction of sp³-hybridized carbons (Fsp3) is 0.455. The molecule has 7 nitrogen and oxygen atoms in total. The van der Waals surface area contributed by atoms with Crippen molar-refractivity contribution in [2.24, 2.45) is 5.73 Å². The minimum atomic E-state index is -4.30. The normalized spacial score (nSPS) is 13.3. The van der Waals surface area contributed by atoms with E-state index in [-0.39, 0.29) is 6.42 Å². The van der Waals surface area contributed by atoms with Gasteiger partial charge in [-0.15, -0.1) is 0 Å². The highest BCUT2D eigenvalue weighted by Crippen LogP contribution is 2.15. The monoisotopic (exact) mass is 292 g/mol. The van der Waals surface area contributed by atoms with E-state index in [1.54, 1.807) is 6.92 Å². The molecule has 0 aliphatic heterocycles.